The van der Waals surface area contributed by atoms with Gasteiger partial charge in [0.25, 0.3) is 0 Å². The van der Waals surface area contributed by atoms with Crippen molar-refractivity contribution in [3.8, 4) is 68.2 Å². The van der Waals surface area contributed by atoms with Crippen LogP contribution in [0.4, 0.5) is 0 Å². The molecule has 0 fully saturated rings. The van der Waals surface area contributed by atoms with E-state index >= 15 is 0 Å². The summed E-state index contributed by atoms with van der Waals surface area (Å²) in [5.41, 5.74) is 52.9. The zero-order chi connectivity index (χ0) is 87.4. The van der Waals surface area contributed by atoms with Gasteiger partial charge in [0, 0.05) is 44.4 Å². The first-order valence-corrected chi connectivity index (χ1v) is 44.9. The van der Waals surface area contributed by atoms with Gasteiger partial charge >= 0.3 is 19.5 Å². The molecule has 15 rings (SSSR count). The number of aryl methyl sites for hydroxylation is 8. The van der Waals surface area contributed by atoms with E-state index in [-0.39, 0.29) is 41.1 Å². The zero-order valence-electron chi connectivity index (χ0n) is 78.7. The average molecular weight is 1670 g/mol. The molecule has 11 aromatic rings. The monoisotopic (exact) mass is 1670 g/mol. The minimum atomic E-state index is -0.0888. The van der Waals surface area contributed by atoms with Gasteiger partial charge in [-0.3, -0.25) is 0 Å². The van der Waals surface area contributed by atoms with Crippen molar-refractivity contribution in [2.45, 2.75) is 267 Å². The number of fused-ring (bicyclic) bond motifs is 16. The molecule has 5 aromatic carbocycles. The molecule has 0 atom stereocenters. The third kappa shape index (κ3) is 16.3. The maximum Gasteiger partial charge on any atom is 2.00 e. The molecular formula is C114H124N8Zn. The van der Waals surface area contributed by atoms with Crippen LogP contribution in [0.3, 0.4) is 0 Å². The second-order valence-electron chi connectivity index (χ2n) is 38.5. The van der Waals surface area contributed by atoms with Crippen LogP contribution in [-0.2, 0) is 66.8 Å². The summed E-state index contributed by atoms with van der Waals surface area (Å²) in [6.45, 7) is 64.2. The summed E-state index contributed by atoms with van der Waals surface area (Å²) in [6.07, 6.45) is 6.65. The van der Waals surface area contributed by atoms with Gasteiger partial charge in [-0.2, -0.15) is 0 Å². The van der Waals surface area contributed by atoms with Crippen molar-refractivity contribution in [1.29, 1.82) is 0 Å². The van der Waals surface area contributed by atoms with Crippen LogP contribution >= 0.6 is 0 Å². The summed E-state index contributed by atoms with van der Waals surface area (Å²) in [4.78, 5) is 42.8. The average Bonchev–Trinajstić information content (AvgIpc) is 1.58. The topological polar surface area (TPSA) is 111 Å². The Kier molecular flexibility index (Phi) is 24.4. The maximum atomic E-state index is 5.81. The Morgan fingerprint density at radius 2 is 0.537 bits per heavy atom. The van der Waals surface area contributed by atoms with Crippen LogP contribution in [0.2, 0.25) is 0 Å². The first-order chi connectivity index (χ1) is 57.9. The first kappa shape index (κ1) is 88.4. The van der Waals surface area contributed by atoms with Crippen molar-refractivity contribution in [2.24, 2.45) is 0 Å². The summed E-state index contributed by atoms with van der Waals surface area (Å²) < 4.78 is 0. The molecule has 4 aliphatic heterocycles. The fraction of sp³-hybridized carbons (Fsp3) is 0.351. The Balaban J connectivity index is 0.0000123. The SMILES string of the molecule is CCC1=C(C)c2nc1cc1[n-]c(c(C)c1CC)c(-c1ccc(C#Cc3ccc(C#Cc4ccc(-c5c6nc(cc7[nH]c(c(C)c7CC)c(-c7cc(C(C)(C)C)cc(C(C)(C)C)c7)c7nc(cc8[nH]c5c(C)c8CC)C(CC)=C7C)C(CC)=C6C)cc4)cc3)cc1)c1nc(cc3[n-]c(c(C)c3CC)c2-c2cc(C(C)(C)C)cc(C(C)(C)C)c2)C(CC)=C1C.[Zn+2]. The van der Waals surface area contributed by atoms with Crippen molar-refractivity contribution < 1.29 is 19.5 Å². The number of allylic oxidation sites excluding steroid dienone is 8. The molecule has 0 unspecified atom stereocenters. The van der Waals surface area contributed by atoms with E-state index < -0.39 is 0 Å². The normalized spacial score (nSPS) is 13.3. The molecule has 6 aromatic heterocycles. The Hall–Kier alpha value is -11.0. The second kappa shape index (κ2) is 33.9. The van der Waals surface area contributed by atoms with E-state index in [0.29, 0.717) is 0 Å². The molecular weight excluding hydrogens is 1550 g/mol. The molecule has 0 saturated carbocycles. The molecule has 0 radical (unpaired) electrons. The van der Waals surface area contributed by atoms with Crippen LogP contribution in [0.25, 0.3) is 133 Å². The van der Waals surface area contributed by atoms with Gasteiger partial charge in [0.05, 0.1) is 56.6 Å². The van der Waals surface area contributed by atoms with Gasteiger partial charge < -0.3 is 19.9 Å². The molecule has 0 aliphatic carbocycles. The van der Waals surface area contributed by atoms with Crippen LogP contribution in [0, 0.1) is 51.4 Å². The number of hydrogen-bond donors (Lipinski definition) is 2. The molecule has 16 bridgehead atoms. The molecule has 4 aliphatic rings. The fourth-order valence-corrected chi connectivity index (χ4v) is 19.2. The van der Waals surface area contributed by atoms with E-state index in [9.17, 15) is 0 Å². The Bertz CT molecular complexity index is 6320. The quantitative estimate of drug-likeness (QED) is 0.0931. The van der Waals surface area contributed by atoms with Gasteiger partial charge in [0.1, 0.15) is 0 Å². The standard InChI is InChI=1S/C114H124N8.Zn/c1-29-83-63(9)103-99(104-64(10)84(30-2)92(116-104)60-96-88(34-6)68(14)108(120-96)101(107-67(13)87(33-5)95(119-107)59-91(83)115-103)77-53-79(111(17,18)19)57-80(54-77)112(20,21)22)75-49-45-73(46-50-75)43-41-71-37-39-72(40-38-71)42-44-74-47-51-76(52-48-74)100-105-65(11)85(31-3)93(117-105)61-97-89(35-7)69(15)109(121-97)102(78-55-81(113(23,24)25)58-82(56-78)114(26,27)28)110-70(16)90(36-8)98(122-110)62-94-86(32-4)66(12)106(100)118-94;/h37-40,45-62,115,120H,29-36H2,1-28H3;/q-2;+2. The fourth-order valence-electron chi connectivity index (χ4n) is 19.2. The Morgan fingerprint density at radius 3 is 0.821 bits per heavy atom. The van der Waals surface area contributed by atoms with Crippen LogP contribution in [0.5, 0.6) is 0 Å². The third-order valence-electron chi connectivity index (χ3n) is 26.6. The maximum absolute atomic E-state index is 5.81. The minimum Gasteiger partial charge on any atom is -0.657 e. The van der Waals surface area contributed by atoms with Crippen LogP contribution in [0.1, 0.15) is 326 Å². The van der Waals surface area contributed by atoms with Crippen molar-refractivity contribution >= 4 is 88.7 Å². The molecule has 9 heteroatoms. The zero-order valence-corrected chi connectivity index (χ0v) is 81.7. The summed E-state index contributed by atoms with van der Waals surface area (Å²) in [5, 5.41) is 0. The molecule has 10 heterocycles. The third-order valence-corrected chi connectivity index (χ3v) is 26.6. The van der Waals surface area contributed by atoms with Gasteiger partial charge in [-0.05, 0) is 312 Å². The summed E-state index contributed by atoms with van der Waals surface area (Å²) in [5.74, 6) is 14.0. The molecule has 123 heavy (non-hydrogen) atoms. The minimum absolute atomic E-state index is 0. The predicted octanol–water partition coefficient (Wildman–Crippen LogP) is 29.7. The van der Waals surface area contributed by atoms with Crippen molar-refractivity contribution in [2.75, 3.05) is 0 Å². The summed E-state index contributed by atoms with van der Waals surface area (Å²) >= 11 is 0. The van der Waals surface area contributed by atoms with Gasteiger partial charge in [-0.1, -0.05) is 257 Å². The Morgan fingerprint density at radius 1 is 0.285 bits per heavy atom. The summed E-state index contributed by atoms with van der Waals surface area (Å²) in [6, 6.07) is 49.5. The van der Waals surface area contributed by atoms with E-state index in [2.05, 4.69) is 361 Å². The van der Waals surface area contributed by atoms with Gasteiger partial charge in [-0.15, -0.1) is 22.1 Å². The number of aromatic amines is 2. The number of aromatic nitrogens is 8. The van der Waals surface area contributed by atoms with E-state index in [0.717, 1.165) is 213 Å². The number of H-pyrrole nitrogens is 2. The van der Waals surface area contributed by atoms with Gasteiger partial charge in [0.15, 0.2) is 0 Å². The smallest absolute Gasteiger partial charge is 0.657 e. The molecule has 0 saturated heterocycles. The Labute approximate surface area is 745 Å². The van der Waals surface area contributed by atoms with Crippen molar-refractivity contribution in [3.63, 3.8) is 0 Å². The molecule has 2 N–H and O–H groups in total. The number of nitrogens with one attached hydrogen (secondary N) is 2. The van der Waals surface area contributed by atoms with Gasteiger partial charge in [0.2, 0.25) is 0 Å². The van der Waals surface area contributed by atoms with Gasteiger partial charge in [-0.25, -0.2) is 19.9 Å². The number of nitrogens with zero attached hydrogens (tertiary/aromatic N) is 6. The largest absolute Gasteiger partial charge is 2.00 e. The predicted molar refractivity (Wildman–Crippen MR) is 522 cm³/mol. The van der Waals surface area contributed by atoms with E-state index in [1.165, 1.54) is 106 Å². The molecule has 8 nitrogen and oxygen atoms in total. The van der Waals surface area contributed by atoms with E-state index in [1.807, 2.05) is 0 Å². The number of benzene rings is 5. The summed E-state index contributed by atoms with van der Waals surface area (Å²) in [7, 11) is 0. The second-order valence-corrected chi connectivity index (χ2v) is 38.5. The number of hydrogen-bond acceptors (Lipinski definition) is 4. The van der Waals surface area contributed by atoms with Crippen LogP contribution in [-0.4, -0.2) is 29.9 Å². The van der Waals surface area contributed by atoms with Crippen LogP contribution < -0.4 is 9.97 Å². The first-order valence-electron chi connectivity index (χ1n) is 44.9. The van der Waals surface area contributed by atoms with E-state index in [1.54, 1.807) is 0 Å². The van der Waals surface area contributed by atoms with Crippen molar-refractivity contribution in [3.05, 3.63) is 268 Å². The van der Waals surface area contributed by atoms with Crippen molar-refractivity contribution in [1.82, 2.24) is 39.9 Å². The molecule has 0 amide bonds. The van der Waals surface area contributed by atoms with E-state index in [4.69, 9.17) is 29.9 Å². The van der Waals surface area contributed by atoms with Crippen LogP contribution in [0.15, 0.2) is 133 Å². The molecule has 0 spiro atoms. The number of rotatable bonds is 12. The molecule has 622 valence electrons.